The number of oxazole rings is 1. The SMILES string of the molecule is O=C(NS(=O)(=O)c1ccc(NCCSc2nc3ccccc3o2)c([N+](=O)[O-])c1)c1ccc(N2CCN(Cc3ccccc3-c3ccc(Cl)cc3)CC2)cc1. The Morgan fingerprint density at radius 2 is 1.63 bits per heavy atom. The maximum absolute atomic E-state index is 13.2. The second-order valence-electron chi connectivity index (χ2n) is 12.6. The first-order valence-electron chi connectivity index (χ1n) is 17.1. The summed E-state index contributed by atoms with van der Waals surface area (Å²) in [6, 6.07) is 33.8. The fourth-order valence-electron chi connectivity index (χ4n) is 6.25. The van der Waals surface area contributed by atoms with E-state index < -0.39 is 31.4 Å². The van der Waals surface area contributed by atoms with Gasteiger partial charge in [-0.05, 0) is 77.4 Å². The summed E-state index contributed by atoms with van der Waals surface area (Å²) in [5.41, 5.74) is 5.71. The smallest absolute Gasteiger partial charge is 0.293 e. The topological polar surface area (TPSA) is 151 Å². The molecule has 276 valence electrons. The minimum atomic E-state index is -4.42. The molecule has 54 heavy (non-hydrogen) atoms. The van der Waals surface area contributed by atoms with Gasteiger partial charge in [-0.3, -0.25) is 19.8 Å². The average Bonchev–Trinajstić information content (AvgIpc) is 3.60. The number of nitro groups is 1. The van der Waals surface area contributed by atoms with Crippen LogP contribution in [0.1, 0.15) is 15.9 Å². The van der Waals surface area contributed by atoms with Gasteiger partial charge in [0.2, 0.25) is 0 Å². The normalized spacial score (nSPS) is 13.5. The second kappa shape index (κ2) is 16.3. The first-order chi connectivity index (χ1) is 26.1. The van der Waals surface area contributed by atoms with Crippen molar-refractivity contribution < 1.29 is 22.6 Å². The van der Waals surface area contributed by atoms with E-state index in [9.17, 15) is 23.3 Å². The van der Waals surface area contributed by atoms with Crippen molar-refractivity contribution in [1.82, 2.24) is 14.6 Å². The first-order valence-corrected chi connectivity index (χ1v) is 20.0. The number of thioether (sulfide) groups is 1. The zero-order chi connectivity index (χ0) is 37.7. The standard InChI is InChI=1S/C39H35ClN6O6S2/c40-30-13-9-27(10-14-30)33-6-2-1-5-29(33)26-44-20-22-45(23-21-44)31-15-11-28(12-16-31)38(47)43-54(50,51)32-17-18-34(36(25-32)46(48)49)41-19-24-53-39-42-35-7-3-4-8-37(35)52-39/h1-18,25,41H,19-24,26H2,(H,43,47). The van der Waals surface area contributed by atoms with Crippen LogP contribution in [0.15, 0.2) is 130 Å². The molecule has 7 rings (SSSR count). The number of benzene rings is 5. The van der Waals surface area contributed by atoms with Crippen LogP contribution in [0.5, 0.6) is 0 Å². The molecule has 0 spiro atoms. The Morgan fingerprint density at radius 1 is 0.907 bits per heavy atom. The number of nitro benzene ring substituents is 1. The van der Waals surface area contributed by atoms with Crippen LogP contribution in [0.4, 0.5) is 17.1 Å². The number of halogens is 1. The molecule has 0 bridgehead atoms. The van der Waals surface area contributed by atoms with Crippen LogP contribution in [0.2, 0.25) is 5.02 Å². The highest BCUT2D eigenvalue weighted by Crippen LogP contribution is 2.30. The molecule has 0 radical (unpaired) electrons. The molecule has 12 nitrogen and oxygen atoms in total. The number of carbonyl (C=O) groups is 1. The van der Waals surface area contributed by atoms with Crippen molar-refractivity contribution in [3.05, 3.63) is 142 Å². The van der Waals surface area contributed by atoms with E-state index in [0.717, 1.165) is 55.6 Å². The number of hydrogen-bond donors (Lipinski definition) is 2. The van der Waals surface area contributed by atoms with Gasteiger partial charge in [-0.2, -0.15) is 0 Å². The van der Waals surface area contributed by atoms with Crippen molar-refractivity contribution in [1.29, 1.82) is 0 Å². The maximum atomic E-state index is 13.2. The van der Waals surface area contributed by atoms with Gasteiger partial charge in [-0.15, -0.1) is 0 Å². The Kier molecular flexibility index (Phi) is 11.2. The molecule has 1 aliphatic heterocycles. The Labute approximate surface area is 321 Å². The van der Waals surface area contributed by atoms with Crippen LogP contribution in [-0.2, 0) is 16.6 Å². The van der Waals surface area contributed by atoms with Crippen molar-refractivity contribution in [2.45, 2.75) is 16.7 Å². The highest BCUT2D eigenvalue weighted by Gasteiger charge is 2.25. The van der Waals surface area contributed by atoms with Gasteiger partial charge in [-0.25, -0.2) is 18.1 Å². The third-order valence-corrected chi connectivity index (χ3v) is 11.5. The molecule has 2 N–H and O–H groups in total. The summed E-state index contributed by atoms with van der Waals surface area (Å²) < 4.78 is 34.1. The van der Waals surface area contributed by atoms with E-state index >= 15 is 0 Å². The Morgan fingerprint density at radius 3 is 2.37 bits per heavy atom. The van der Waals surface area contributed by atoms with Gasteiger partial charge in [-0.1, -0.05) is 71.9 Å². The second-order valence-corrected chi connectivity index (χ2v) is 15.7. The summed E-state index contributed by atoms with van der Waals surface area (Å²) in [6.45, 7) is 4.38. The predicted octanol–water partition coefficient (Wildman–Crippen LogP) is 7.70. The average molecular weight is 783 g/mol. The lowest BCUT2D eigenvalue weighted by Gasteiger charge is -2.36. The van der Waals surface area contributed by atoms with E-state index in [4.69, 9.17) is 16.0 Å². The number of anilines is 2. The van der Waals surface area contributed by atoms with Crippen molar-refractivity contribution in [2.75, 3.05) is 48.7 Å². The number of hydrogen-bond acceptors (Lipinski definition) is 11. The third kappa shape index (κ3) is 8.69. The van der Waals surface area contributed by atoms with Gasteiger partial charge in [0.15, 0.2) is 5.58 Å². The van der Waals surface area contributed by atoms with Gasteiger partial charge in [0.1, 0.15) is 11.2 Å². The van der Waals surface area contributed by atoms with Crippen molar-refractivity contribution in [2.24, 2.45) is 0 Å². The van der Waals surface area contributed by atoms with E-state index in [1.165, 1.54) is 35.0 Å². The Bertz CT molecular complexity index is 2370. The van der Waals surface area contributed by atoms with Crippen LogP contribution < -0.4 is 14.9 Å². The lowest BCUT2D eigenvalue weighted by molar-refractivity contribution is -0.384. The summed E-state index contributed by atoms with van der Waals surface area (Å²) in [5.74, 6) is -0.359. The third-order valence-electron chi connectivity index (χ3n) is 9.05. The number of nitrogens with one attached hydrogen (secondary N) is 2. The van der Waals surface area contributed by atoms with Crippen LogP contribution in [-0.4, -0.2) is 67.6 Å². The summed E-state index contributed by atoms with van der Waals surface area (Å²) >= 11 is 7.44. The lowest BCUT2D eigenvalue weighted by atomic mass is 9.99. The molecule has 6 aromatic rings. The minimum Gasteiger partial charge on any atom is -0.431 e. The molecule has 1 aliphatic rings. The molecule has 1 amide bonds. The van der Waals surface area contributed by atoms with Crippen molar-refractivity contribution in [3.63, 3.8) is 0 Å². The van der Waals surface area contributed by atoms with E-state index in [2.05, 4.69) is 38.3 Å². The summed E-state index contributed by atoms with van der Waals surface area (Å²) in [5, 5.41) is 16.0. The number of nitrogens with zero attached hydrogens (tertiary/aromatic N) is 4. The zero-order valence-electron chi connectivity index (χ0n) is 28.9. The highest BCUT2D eigenvalue weighted by molar-refractivity contribution is 7.99. The maximum Gasteiger partial charge on any atom is 0.293 e. The molecule has 1 aromatic heterocycles. The van der Waals surface area contributed by atoms with Gasteiger partial charge < -0.3 is 14.6 Å². The molecule has 0 saturated carbocycles. The van der Waals surface area contributed by atoms with E-state index in [-0.39, 0.29) is 11.3 Å². The number of piperazine rings is 1. The molecule has 5 aromatic carbocycles. The van der Waals surface area contributed by atoms with Gasteiger partial charge in [0.25, 0.3) is 26.8 Å². The monoisotopic (exact) mass is 782 g/mol. The molecule has 2 heterocycles. The van der Waals surface area contributed by atoms with Crippen molar-refractivity contribution >= 4 is 67.5 Å². The van der Waals surface area contributed by atoms with Crippen molar-refractivity contribution in [3.8, 4) is 11.1 Å². The molecular formula is C39H35ClN6O6S2. The summed E-state index contributed by atoms with van der Waals surface area (Å²) in [4.78, 5) is 32.9. The van der Waals surface area contributed by atoms with Crippen LogP contribution in [0.3, 0.4) is 0 Å². The molecule has 0 atom stereocenters. The molecule has 1 saturated heterocycles. The van der Waals surface area contributed by atoms with E-state index in [0.29, 0.717) is 28.1 Å². The van der Waals surface area contributed by atoms with E-state index in [1.54, 1.807) is 24.3 Å². The molecule has 0 unspecified atom stereocenters. The number of rotatable bonds is 13. The lowest BCUT2D eigenvalue weighted by Crippen LogP contribution is -2.46. The van der Waals surface area contributed by atoms with Gasteiger partial charge in [0.05, 0.1) is 9.82 Å². The van der Waals surface area contributed by atoms with Gasteiger partial charge >= 0.3 is 0 Å². The first kappa shape index (κ1) is 36.9. The largest absolute Gasteiger partial charge is 0.431 e. The van der Waals surface area contributed by atoms with Crippen LogP contribution in [0.25, 0.3) is 22.2 Å². The van der Waals surface area contributed by atoms with Crippen LogP contribution >= 0.6 is 23.4 Å². The number of amides is 1. The summed E-state index contributed by atoms with van der Waals surface area (Å²) in [6.07, 6.45) is 0. The fraction of sp³-hybridized carbons (Fsp3) is 0.179. The Hall–Kier alpha value is -5.41. The number of carbonyl (C=O) groups excluding carboxylic acids is 1. The Balaban J connectivity index is 0.921. The minimum absolute atomic E-state index is 0.141. The number of para-hydroxylation sites is 2. The number of sulfonamides is 1. The summed E-state index contributed by atoms with van der Waals surface area (Å²) in [7, 11) is -4.42. The molecule has 1 fully saturated rings. The molecular weight excluding hydrogens is 748 g/mol. The fourth-order valence-corrected chi connectivity index (χ4v) is 8.06. The molecule has 15 heteroatoms. The predicted molar refractivity (Wildman–Crippen MR) is 212 cm³/mol. The quantitative estimate of drug-likeness (QED) is 0.0513. The van der Waals surface area contributed by atoms with Crippen LogP contribution in [0, 0.1) is 10.1 Å². The molecule has 0 aliphatic carbocycles. The zero-order valence-corrected chi connectivity index (χ0v) is 31.2. The number of aromatic nitrogens is 1. The highest BCUT2D eigenvalue weighted by atomic mass is 35.5. The van der Waals surface area contributed by atoms with Gasteiger partial charge in [0, 0.05) is 67.4 Å². The van der Waals surface area contributed by atoms with E-state index in [1.807, 2.05) is 59.3 Å². The number of fused-ring (bicyclic) bond motifs is 1.